The van der Waals surface area contributed by atoms with Crippen molar-refractivity contribution in [3.8, 4) is 17.2 Å². The molecule has 2 aromatic carbocycles. The fourth-order valence-electron chi connectivity index (χ4n) is 3.91. The average Bonchev–Trinajstić information content (AvgIpc) is 3.44. The molecule has 1 amide bonds. The molecule has 1 aromatic heterocycles. The summed E-state index contributed by atoms with van der Waals surface area (Å²) < 4.78 is 58.1. The number of halogens is 3. The van der Waals surface area contributed by atoms with Gasteiger partial charge in [0.15, 0.2) is 23.2 Å². The summed E-state index contributed by atoms with van der Waals surface area (Å²) >= 11 is 0. The van der Waals surface area contributed by atoms with Crippen LogP contribution in [-0.4, -0.2) is 35.8 Å². The lowest BCUT2D eigenvalue weighted by molar-refractivity contribution is -0.173. The summed E-state index contributed by atoms with van der Waals surface area (Å²) in [5.74, 6) is 1.10. The van der Waals surface area contributed by atoms with E-state index in [2.05, 4.69) is 15.7 Å². The van der Waals surface area contributed by atoms with Crippen LogP contribution in [0.5, 0.6) is 17.2 Å². The second-order valence-electron chi connectivity index (χ2n) is 7.64. The predicted molar refractivity (Wildman–Crippen MR) is 112 cm³/mol. The lowest BCUT2D eigenvalue weighted by atomic mass is 9.97. The van der Waals surface area contributed by atoms with Gasteiger partial charge in [0, 0.05) is 24.2 Å². The molecule has 33 heavy (non-hydrogen) atoms. The van der Waals surface area contributed by atoms with Gasteiger partial charge in [-0.15, -0.1) is 0 Å². The Hall–Kier alpha value is -3.89. The number of amides is 1. The van der Waals surface area contributed by atoms with Crippen LogP contribution in [0.15, 0.2) is 48.5 Å². The van der Waals surface area contributed by atoms with Crippen LogP contribution in [-0.2, 0) is 0 Å². The van der Waals surface area contributed by atoms with E-state index in [1.165, 1.54) is 13.2 Å². The number of nitrogens with zero attached hydrogens (tertiary/aromatic N) is 2. The number of aromatic nitrogens is 2. The zero-order chi connectivity index (χ0) is 23.2. The van der Waals surface area contributed by atoms with Gasteiger partial charge in [-0.25, -0.2) is 4.68 Å². The van der Waals surface area contributed by atoms with Crippen LogP contribution < -0.4 is 24.8 Å². The van der Waals surface area contributed by atoms with E-state index < -0.39 is 24.2 Å². The fraction of sp³-hybridized carbons (Fsp3) is 0.273. The highest BCUT2D eigenvalue weighted by Crippen LogP contribution is 2.44. The van der Waals surface area contributed by atoms with Gasteiger partial charge in [0.05, 0.1) is 13.2 Å². The fourth-order valence-corrected chi connectivity index (χ4v) is 3.91. The van der Waals surface area contributed by atoms with E-state index in [4.69, 9.17) is 14.2 Å². The van der Waals surface area contributed by atoms with Crippen LogP contribution in [0, 0.1) is 0 Å². The lowest BCUT2D eigenvalue weighted by Gasteiger charge is -2.33. The van der Waals surface area contributed by atoms with E-state index in [-0.39, 0.29) is 24.7 Å². The van der Waals surface area contributed by atoms with Gasteiger partial charge in [0.1, 0.15) is 11.6 Å². The van der Waals surface area contributed by atoms with Crippen LogP contribution in [0.2, 0.25) is 0 Å². The first-order valence-electron chi connectivity index (χ1n) is 10.1. The maximum absolute atomic E-state index is 13.9. The molecule has 5 rings (SSSR count). The summed E-state index contributed by atoms with van der Waals surface area (Å²) in [6, 6.07) is 10.4. The van der Waals surface area contributed by atoms with Crippen molar-refractivity contribution in [1.29, 1.82) is 0 Å². The van der Waals surface area contributed by atoms with Gasteiger partial charge in [-0.05, 0) is 29.8 Å². The Balaban J connectivity index is 1.41. The number of alkyl halides is 3. The number of fused-ring (bicyclic) bond motifs is 2. The van der Waals surface area contributed by atoms with Crippen LogP contribution >= 0.6 is 0 Å². The van der Waals surface area contributed by atoms with E-state index in [0.29, 0.717) is 28.5 Å². The minimum atomic E-state index is -4.54. The summed E-state index contributed by atoms with van der Waals surface area (Å²) in [5, 5.41) is 9.67. The molecule has 11 heteroatoms. The van der Waals surface area contributed by atoms with E-state index in [1.54, 1.807) is 42.5 Å². The average molecular weight is 460 g/mol. The SMILES string of the molecule is COc1ccc([C@@H]2C[C@H](C(F)(F)F)n3nc(C(=O)Nc4ccc5c(c4)OCO5)cc3N2)cc1. The van der Waals surface area contributed by atoms with Crippen molar-refractivity contribution in [3.05, 3.63) is 59.8 Å². The van der Waals surface area contributed by atoms with Crippen molar-refractivity contribution in [2.45, 2.75) is 24.7 Å². The number of carbonyl (C=O) groups is 1. The van der Waals surface area contributed by atoms with E-state index in [0.717, 1.165) is 4.68 Å². The molecule has 0 unspecified atom stereocenters. The Morgan fingerprint density at radius 1 is 1.15 bits per heavy atom. The number of methoxy groups -OCH3 is 1. The van der Waals surface area contributed by atoms with Gasteiger partial charge < -0.3 is 24.8 Å². The number of ether oxygens (including phenoxy) is 3. The summed E-state index contributed by atoms with van der Waals surface area (Å²) in [7, 11) is 1.52. The number of hydrogen-bond donors (Lipinski definition) is 2. The van der Waals surface area contributed by atoms with Gasteiger partial charge in [-0.3, -0.25) is 4.79 Å². The van der Waals surface area contributed by atoms with Crippen molar-refractivity contribution in [3.63, 3.8) is 0 Å². The largest absolute Gasteiger partial charge is 0.497 e. The minimum absolute atomic E-state index is 0.0837. The molecular formula is C22H19F3N4O4. The van der Waals surface area contributed by atoms with E-state index in [9.17, 15) is 18.0 Å². The summed E-state index contributed by atoms with van der Waals surface area (Å²) in [6.45, 7) is 0.0837. The summed E-state index contributed by atoms with van der Waals surface area (Å²) in [6.07, 6.45) is -4.81. The van der Waals surface area contributed by atoms with Crippen molar-refractivity contribution in [2.75, 3.05) is 24.5 Å². The molecule has 2 atom stereocenters. The normalized spacial score (nSPS) is 18.9. The number of carbonyl (C=O) groups excluding carboxylic acids is 1. The van der Waals surface area contributed by atoms with Crippen LogP contribution in [0.25, 0.3) is 0 Å². The number of rotatable bonds is 4. The quantitative estimate of drug-likeness (QED) is 0.595. The molecule has 3 heterocycles. The molecule has 0 bridgehead atoms. The molecule has 3 aromatic rings. The molecule has 0 spiro atoms. The molecular weight excluding hydrogens is 441 g/mol. The Labute approximate surface area is 186 Å². The molecule has 0 radical (unpaired) electrons. The van der Waals surface area contributed by atoms with Gasteiger partial charge in [0.2, 0.25) is 6.79 Å². The van der Waals surface area contributed by atoms with Gasteiger partial charge in [0.25, 0.3) is 5.91 Å². The third kappa shape index (κ3) is 4.01. The Bertz CT molecular complexity index is 1190. The molecule has 2 aliphatic heterocycles. The van der Waals surface area contributed by atoms with Crippen LogP contribution in [0.4, 0.5) is 24.7 Å². The molecule has 2 aliphatic rings. The molecule has 2 N–H and O–H groups in total. The molecule has 0 saturated heterocycles. The first-order chi connectivity index (χ1) is 15.8. The Morgan fingerprint density at radius 2 is 1.91 bits per heavy atom. The first kappa shape index (κ1) is 21.0. The summed E-state index contributed by atoms with van der Waals surface area (Å²) in [5.41, 5.74) is 0.940. The maximum Gasteiger partial charge on any atom is 0.410 e. The minimum Gasteiger partial charge on any atom is -0.497 e. The Kier molecular flexibility index (Phi) is 5.03. The van der Waals surface area contributed by atoms with Gasteiger partial charge in [-0.2, -0.15) is 18.3 Å². The van der Waals surface area contributed by atoms with Crippen molar-refractivity contribution in [2.24, 2.45) is 0 Å². The van der Waals surface area contributed by atoms with E-state index in [1.807, 2.05) is 0 Å². The third-order valence-electron chi connectivity index (χ3n) is 5.57. The standard InChI is InChI=1S/C22H19F3N4O4/c1-31-14-5-2-12(3-6-14)15-9-19(22(23,24)25)29-20(27-15)10-16(28-29)21(30)26-13-4-7-17-18(8-13)33-11-32-17/h2-8,10,15,19,27H,9,11H2,1H3,(H,26,30)/t15-,19+/m0/s1. The maximum atomic E-state index is 13.9. The Morgan fingerprint density at radius 3 is 2.64 bits per heavy atom. The van der Waals surface area contributed by atoms with Crippen LogP contribution in [0.3, 0.4) is 0 Å². The smallest absolute Gasteiger partial charge is 0.410 e. The van der Waals surface area contributed by atoms with Crippen molar-refractivity contribution in [1.82, 2.24) is 9.78 Å². The van der Waals surface area contributed by atoms with Crippen molar-refractivity contribution >= 4 is 17.4 Å². The lowest BCUT2D eigenvalue weighted by Crippen LogP contribution is -2.35. The van der Waals surface area contributed by atoms with Crippen LogP contribution in [0.1, 0.15) is 34.6 Å². The van der Waals surface area contributed by atoms with Gasteiger partial charge >= 0.3 is 6.18 Å². The second-order valence-corrected chi connectivity index (χ2v) is 7.64. The van der Waals surface area contributed by atoms with Crippen molar-refractivity contribution < 1.29 is 32.2 Å². The molecule has 0 fully saturated rings. The highest BCUT2D eigenvalue weighted by atomic mass is 19.4. The highest BCUT2D eigenvalue weighted by molar-refractivity contribution is 6.03. The second kappa shape index (κ2) is 7.91. The third-order valence-corrected chi connectivity index (χ3v) is 5.57. The molecule has 0 aliphatic carbocycles. The molecule has 8 nitrogen and oxygen atoms in total. The summed E-state index contributed by atoms with van der Waals surface area (Å²) in [4.78, 5) is 12.7. The number of hydrogen-bond acceptors (Lipinski definition) is 6. The topological polar surface area (TPSA) is 86.6 Å². The monoisotopic (exact) mass is 460 g/mol. The number of anilines is 2. The van der Waals surface area contributed by atoms with Gasteiger partial charge in [-0.1, -0.05) is 12.1 Å². The predicted octanol–water partition coefficient (Wildman–Crippen LogP) is 4.53. The number of nitrogens with one attached hydrogen (secondary N) is 2. The molecule has 0 saturated carbocycles. The zero-order valence-corrected chi connectivity index (χ0v) is 17.3. The first-order valence-corrected chi connectivity index (χ1v) is 10.1. The molecule has 172 valence electrons. The van der Waals surface area contributed by atoms with E-state index >= 15 is 0 Å². The zero-order valence-electron chi connectivity index (χ0n) is 17.3. The number of benzene rings is 2. The highest BCUT2D eigenvalue weighted by Gasteiger charge is 2.46.